The second-order valence-corrected chi connectivity index (χ2v) is 7.13. The second-order valence-electron chi connectivity index (χ2n) is 7.13. The molecule has 2 fully saturated rings. The van der Waals surface area contributed by atoms with Crippen LogP contribution in [0.2, 0.25) is 0 Å². The van der Waals surface area contributed by atoms with Crippen molar-refractivity contribution in [2.45, 2.75) is 76.7 Å². The first kappa shape index (κ1) is 17.3. The molecule has 4 heteroatoms. The van der Waals surface area contributed by atoms with Gasteiger partial charge in [-0.1, -0.05) is 39.0 Å². The van der Waals surface area contributed by atoms with E-state index in [1.54, 1.807) is 0 Å². The van der Waals surface area contributed by atoms with Crippen LogP contribution in [0, 0.1) is 17.2 Å². The maximum Gasteiger partial charge on any atom is 0.221 e. The van der Waals surface area contributed by atoms with Gasteiger partial charge in [0.1, 0.15) is 5.54 Å². The van der Waals surface area contributed by atoms with Crippen molar-refractivity contribution in [3.8, 4) is 6.07 Å². The smallest absolute Gasteiger partial charge is 0.221 e. The molecule has 1 amide bonds. The standard InChI is InChI=1S/C18H31N3O/c1-2-12-21-13-10-18(15-19,11-14-21)20-17(22)9-8-16-6-4-3-5-7-16/h16H,2-14H2,1H3,(H,20,22). The lowest BCUT2D eigenvalue weighted by molar-refractivity contribution is -0.123. The Bertz CT molecular complexity index is 388. The number of carbonyl (C=O) groups excluding carboxylic acids is 1. The van der Waals surface area contributed by atoms with E-state index in [9.17, 15) is 10.1 Å². The van der Waals surface area contributed by atoms with Crippen LogP contribution in [0.3, 0.4) is 0 Å². The number of nitriles is 1. The fourth-order valence-corrected chi connectivity index (χ4v) is 3.88. The minimum Gasteiger partial charge on any atom is -0.338 e. The number of piperidine rings is 1. The van der Waals surface area contributed by atoms with Crippen molar-refractivity contribution < 1.29 is 4.79 Å². The molecule has 0 unspecified atom stereocenters. The van der Waals surface area contributed by atoms with Gasteiger partial charge in [-0.15, -0.1) is 0 Å². The summed E-state index contributed by atoms with van der Waals surface area (Å²) in [5.41, 5.74) is -0.617. The van der Waals surface area contributed by atoms with Gasteiger partial charge in [0.2, 0.25) is 5.91 Å². The molecule has 1 N–H and O–H groups in total. The van der Waals surface area contributed by atoms with Crippen molar-refractivity contribution in [2.24, 2.45) is 5.92 Å². The summed E-state index contributed by atoms with van der Waals surface area (Å²) in [4.78, 5) is 14.6. The Hall–Kier alpha value is -1.08. The highest BCUT2D eigenvalue weighted by Gasteiger charge is 2.35. The van der Waals surface area contributed by atoms with Crippen LogP contribution >= 0.6 is 0 Å². The van der Waals surface area contributed by atoms with Crippen molar-refractivity contribution in [1.82, 2.24) is 10.2 Å². The molecule has 1 saturated heterocycles. The zero-order valence-electron chi connectivity index (χ0n) is 14.1. The number of hydrogen-bond acceptors (Lipinski definition) is 3. The molecule has 0 radical (unpaired) electrons. The number of likely N-dealkylation sites (tertiary alicyclic amines) is 1. The molecule has 22 heavy (non-hydrogen) atoms. The van der Waals surface area contributed by atoms with Gasteiger partial charge in [-0.2, -0.15) is 5.26 Å². The summed E-state index contributed by atoms with van der Waals surface area (Å²) in [6, 6.07) is 2.39. The Balaban J connectivity index is 1.75. The van der Waals surface area contributed by atoms with Crippen LogP contribution in [0.25, 0.3) is 0 Å². The zero-order valence-corrected chi connectivity index (χ0v) is 14.1. The number of carbonyl (C=O) groups is 1. The Morgan fingerprint density at radius 1 is 1.27 bits per heavy atom. The van der Waals surface area contributed by atoms with Crippen LogP contribution in [0.15, 0.2) is 0 Å². The van der Waals surface area contributed by atoms with Gasteiger partial charge in [0.25, 0.3) is 0 Å². The summed E-state index contributed by atoms with van der Waals surface area (Å²) in [6.07, 6.45) is 10.8. The highest BCUT2D eigenvalue weighted by atomic mass is 16.1. The largest absolute Gasteiger partial charge is 0.338 e. The van der Waals surface area contributed by atoms with E-state index in [0.29, 0.717) is 6.42 Å². The molecule has 4 nitrogen and oxygen atoms in total. The maximum atomic E-state index is 12.2. The second kappa shape index (κ2) is 8.53. The van der Waals surface area contributed by atoms with Crippen molar-refractivity contribution in [1.29, 1.82) is 5.26 Å². The van der Waals surface area contributed by atoms with Gasteiger partial charge < -0.3 is 10.2 Å². The minimum atomic E-state index is -0.617. The van der Waals surface area contributed by atoms with Gasteiger partial charge >= 0.3 is 0 Å². The van der Waals surface area contributed by atoms with E-state index in [4.69, 9.17) is 0 Å². The van der Waals surface area contributed by atoms with Crippen molar-refractivity contribution in [3.63, 3.8) is 0 Å². The number of rotatable bonds is 6. The predicted octanol–water partition coefficient (Wildman–Crippen LogP) is 3.23. The predicted molar refractivity (Wildman–Crippen MR) is 88.3 cm³/mol. The van der Waals surface area contributed by atoms with E-state index >= 15 is 0 Å². The number of amides is 1. The molecule has 0 aromatic carbocycles. The third kappa shape index (κ3) is 4.98. The Morgan fingerprint density at radius 2 is 1.95 bits per heavy atom. The van der Waals surface area contributed by atoms with E-state index in [0.717, 1.165) is 51.2 Å². The van der Waals surface area contributed by atoms with Crippen molar-refractivity contribution in [3.05, 3.63) is 0 Å². The summed E-state index contributed by atoms with van der Waals surface area (Å²) >= 11 is 0. The quantitative estimate of drug-likeness (QED) is 0.819. The average Bonchev–Trinajstić information content (AvgIpc) is 2.56. The van der Waals surface area contributed by atoms with Crippen LogP contribution in [0.4, 0.5) is 0 Å². The van der Waals surface area contributed by atoms with E-state index in [1.165, 1.54) is 32.1 Å². The molecule has 1 aliphatic carbocycles. The first-order valence-electron chi connectivity index (χ1n) is 9.12. The molecular formula is C18H31N3O. The molecular weight excluding hydrogens is 274 g/mol. The van der Waals surface area contributed by atoms with Crippen molar-refractivity contribution in [2.75, 3.05) is 19.6 Å². The molecule has 0 aromatic rings. The van der Waals surface area contributed by atoms with E-state index in [-0.39, 0.29) is 5.91 Å². The molecule has 1 aliphatic heterocycles. The summed E-state index contributed by atoms with van der Waals surface area (Å²) in [7, 11) is 0. The third-order valence-electron chi connectivity index (χ3n) is 5.35. The fraction of sp³-hybridized carbons (Fsp3) is 0.889. The fourth-order valence-electron chi connectivity index (χ4n) is 3.88. The lowest BCUT2D eigenvalue weighted by atomic mass is 9.85. The zero-order chi connectivity index (χ0) is 15.8. The number of hydrogen-bond donors (Lipinski definition) is 1. The third-order valence-corrected chi connectivity index (χ3v) is 5.35. The first-order valence-corrected chi connectivity index (χ1v) is 9.12. The Kier molecular flexibility index (Phi) is 6.70. The van der Waals surface area contributed by atoms with Gasteiger partial charge in [0.15, 0.2) is 0 Å². The topological polar surface area (TPSA) is 56.1 Å². The summed E-state index contributed by atoms with van der Waals surface area (Å²) in [5, 5.41) is 12.6. The number of nitrogens with one attached hydrogen (secondary N) is 1. The molecule has 124 valence electrons. The SMILES string of the molecule is CCCN1CCC(C#N)(NC(=O)CCC2CCCCC2)CC1. The molecule has 0 bridgehead atoms. The Morgan fingerprint density at radius 3 is 2.55 bits per heavy atom. The van der Waals surface area contributed by atoms with Crippen LogP contribution in [-0.4, -0.2) is 36.0 Å². The van der Waals surface area contributed by atoms with Gasteiger partial charge in [-0.05, 0) is 38.1 Å². The molecule has 2 rings (SSSR count). The lowest BCUT2D eigenvalue weighted by Gasteiger charge is -2.37. The average molecular weight is 305 g/mol. The van der Waals surface area contributed by atoms with Gasteiger partial charge in [0.05, 0.1) is 6.07 Å². The van der Waals surface area contributed by atoms with E-state index < -0.39 is 5.54 Å². The minimum absolute atomic E-state index is 0.0797. The molecule has 0 aromatic heterocycles. The lowest BCUT2D eigenvalue weighted by Crippen LogP contribution is -2.54. The van der Waals surface area contributed by atoms with Gasteiger partial charge in [-0.3, -0.25) is 4.79 Å². The highest BCUT2D eigenvalue weighted by Crippen LogP contribution is 2.28. The molecule has 1 heterocycles. The van der Waals surface area contributed by atoms with Crippen molar-refractivity contribution >= 4 is 5.91 Å². The molecule has 2 aliphatic rings. The van der Waals surface area contributed by atoms with Gasteiger partial charge in [0, 0.05) is 19.5 Å². The maximum absolute atomic E-state index is 12.2. The monoisotopic (exact) mass is 305 g/mol. The normalized spacial score (nSPS) is 22.9. The molecule has 0 spiro atoms. The first-order chi connectivity index (χ1) is 10.7. The Labute approximate surface area is 135 Å². The van der Waals surface area contributed by atoms with Gasteiger partial charge in [-0.25, -0.2) is 0 Å². The number of nitrogens with zero attached hydrogens (tertiary/aromatic N) is 2. The van der Waals surface area contributed by atoms with E-state index in [2.05, 4.69) is 23.2 Å². The van der Waals surface area contributed by atoms with Crippen LogP contribution < -0.4 is 5.32 Å². The molecule has 1 saturated carbocycles. The van der Waals surface area contributed by atoms with Crippen LogP contribution in [0.1, 0.15) is 71.1 Å². The van der Waals surface area contributed by atoms with Crippen LogP contribution in [-0.2, 0) is 4.79 Å². The highest BCUT2D eigenvalue weighted by molar-refractivity contribution is 5.77. The van der Waals surface area contributed by atoms with E-state index in [1.807, 2.05) is 0 Å². The summed E-state index contributed by atoms with van der Waals surface area (Å²) < 4.78 is 0. The summed E-state index contributed by atoms with van der Waals surface area (Å²) in [5.74, 6) is 0.806. The molecule has 0 atom stereocenters. The van der Waals surface area contributed by atoms with Crippen LogP contribution in [0.5, 0.6) is 0 Å². The summed E-state index contributed by atoms with van der Waals surface area (Å²) in [6.45, 7) is 5.12.